The lowest BCUT2D eigenvalue weighted by Crippen LogP contribution is -2.54. The van der Waals surface area contributed by atoms with Gasteiger partial charge in [-0.15, -0.1) is 0 Å². The monoisotopic (exact) mass is 498 g/mol. The third-order valence-corrected chi connectivity index (χ3v) is 4.69. The van der Waals surface area contributed by atoms with Gasteiger partial charge in [-0.3, -0.25) is 14.9 Å². The highest BCUT2D eigenvalue weighted by atomic mass is 127. The molecule has 0 atom stereocenters. The zero-order valence-electron chi connectivity index (χ0n) is 13.8. The highest BCUT2D eigenvalue weighted by Crippen LogP contribution is 2.34. The van der Waals surface area contributed by atoms with Gasteiger partial charge >= 0.3 is 0 Å². The van der Waals surface area contributed by atoms with E-state index in [1.807, 2.05) is 22.6 Å². The number of anilines is 1. The zero-order chi connectivity index (χ0) is 19.7. The molecule has 2 amide bonds. The third kappa shape index (κ3) is 3.65. The van der Waals surface area contributed by atoms with Gasteiger partial charge in [-0.2, -0.15) is 0 Å². The Morgan fingerprint density at radius 1 is 1.30 bits per heavy atom. The summed E-state index contributed by atoms with van der Waals surface area (Å²) in [6.07, 6.45) is 1.22. The summed E-state index contributed by atoms with van der Waals surface area (Å²) in [5.41, 5.74) is -0.174. The molecule has 6 nitrogen and oxygen atoms in total. The number of rotatable bonds is 3. The Balaban J connectivity index is 2.11. The minimum atomic E-state index is -0.800. The molecule has 2 aromatic carbocycles. The van der Waals surface area contributed by atoms with Crippen molar-refractivity contribution in [1.29, 1.82) is 0 Å². The highest BCUT2D eigenvalue weighted by Gasteiger charge is 2.35. The summed E-state index contributed by atoms with van der Waals surface area (Å²) in [4.78, 5) is 26.1. The van der Waals surface area contributed by atoms with Gasteiger partial charge in [-0.05, 0) is 65.2 Å². The van der Waals surface area contributed by atoms with Crippen LogP contribution in [0.5, 0.6) is 11.5 Å². The summed E-state index contributed by atoms with van der Waals surface area (Å²) >= 11 is 7.05. The van der Waals surface area contributed by atoms with Gasteiger partial charge in [0, 0.05) is 9.13 Å². The number of thiocarbonyl (C=S) groups is 1. The molecule has 1 heterocycles. The Hall–Kier alpha value is -2.53. The second-order valence-corrected chi connectivity index (χ2v) is 7.09. The van der Waals surface area contributed by atoms with Gasteiger partial charge in [0.25, 0.3) is 11.8 Å². The minimum absolute atomic E-state index is 0.0807. The van der Waals surface area contributed by atoms with Crippen LogP contribution in [-0.4, -0.2) is 29.1 Å². The number of phenols is 1. The van der Waals surface area contributed by atoms with Crippen LogP contribution in [0.3, 0.4) is 0 Å². The molecule has 1 aliphatic heterocycles. The van der Waals surface area contributed by atoms with Gasteiger partial charge in [0.2, 0.25) is 0 Å². The van der Waals surface area contributed by atoms with E-state index in [0.29, 0.717) is 0 Å². The van der Waals surface area contributed by atoms with E-state index >= 15 is 0 Å². The van der Waals surface area contributed by atoms with Crippen LogP contribution in [0.4, 0.5) is 10.1 Å². The van der Waals surface area contributed by atoms with E-state index in [2.05, 4.69) is 5.32 Å². The van der Waals surface area contributed by atoms with Gasteiger partial charge in [0.05, 0.1) is 12.8 Å². The predicted molar refractivity (Wildman–Crippen MR) is 110 cm³/mol. The van der Waals surface area contributed by atoms with E-state index in [9.17, 15) is 19.1 Å². The van der Waals surface area contributed by atoms with Crippen LogP contribution in [0.15, 0.2) is 42.0 Å². The maximum Gasteiger partial charge on any atom is 0.270 e. The third-order valence-electron chi connectivity index (χ3n) is 3.78. The number of phenolic OH excluding ortho intramolecular Hbond substituents is 1. The number of methoxy groups -OCH3 is 1. The Labute approximate surface area is 172 Å². The molecule has 27 heavy (non-hydrogen) atoms. The summed E-state index contributed by atoms with van der Waals surface area (Å²) in [5.74, 6) is -2.24. The van der Waals surface area contributed by atoms with E-state index in [-0.39, 0.29) is 33.4 Å². The molecule has 138 valence electrons. The van der Waals surface area contributed by atoms with Crippen molar-refractivity contribution in [3.8, 4) is 11.5 Å². The maximum absolute atomic E-state index is 14.1. The molecule has 2 aromatic rings. The summed E-state index contributed by atoms with van der Waals surface area (Å²) in [6.45, 7) is 0. The average Bonchev–Trinajstić information content (AvgIpc) is 2.62. The van der Waals surface area contributed by atoms with Gasteiger partial charge in [-0.25, -0.2) is 9.29 Å². The largest absolute Gasteiger partial charge is 0.504 e. The number of carbonyl (C=O) groups excluding carboxylic acids is 2. The molecular formula is C18H12FIN2O4S. The molecule has 1 fully saturated rings. The Kier molecular flexibility index (Phi) is 5.42. The smallest absolute Gasteiger partial charge is 0.270 e. The number of aromatic hydroxyl groups is 1. The number of benzene rings is 2. The van der Waals surface area contributed by atoms with Gasteiger partial charge in [-0.1, -0.05) is 12.1 Å². The van der Waals surface area contributed by atoms with Crippen LogP contribution in [0.1, 0.15) is 5.56 Å². The molecule has 0 spiro atoms. The molecular weight excluding hydrogens is 486 g/mol. The minimum Gasteiger partial charge on any atom is -0.504 e. The van der Waals surface area contributed by atoms with Gasteiger partial charge in [0.15, 0.2) is 16.6 Å². The van der Waals surface area contributed by atoms with Crippen molar-refractivity contribution in [3.05, 3.63) is 56.9 Å². The van der Waals surface area contributed by atoms with Crippen LogP contribution in [0.25, 0.3) is 6.08 Å². The van der Waals surface area contributed by atoms with Crippen molar-refractivity contribution in [2.75, 3.05) is 12.0 Å². The lowest BCUT2D eigenvalue weighted by molar-refractivity contribution is -0.122. The summed E-state index contributed by atoms with van der Waals surface area (Å²) in [5, 5.41) is 12.4. The molecule has 0 saturated carbocycles. The summed E-state index contributed by atoms with van der Waals surface area (Å²) in [7, 11) is 1.39. The molecule has 0 unspecified atom stereocenters. The summed E-state index contributed by atoms with van der Waals surface area (Å²) < 4.78 is 19.9. The number of carbonyl (C=O) groups is 2. The Morgan fingerprint density at radius 3 is 2.67 bits per heavy atom. The topological polar surface area (TPSA) is 78.9 Å². The van der Waals surface area contributed by atoms with E-state index in [1.165, 1.54) is 31.4 Å². The molecule has 1 aliphatic rings. The van der Waals surface area contributed by atoms with Gasteiger partial charge in [0.1, 0.15) is 11.4 Å². The molecule has 0 radical (unpaired) electrons. The molecule has 0 aromatic heterocycles. The summed E-state index contributed by atoms with van der Waals surface area (Å²) in [6, 6.07) is 8.75. The van der Waals surface area contributed by atoms with E-state index in [4.69, 9.17) is 17.0 Å². The normalized spacial score (nSPS) is 15.9. The lowest BCUT2D eigenvalue weighted by Gasteiger charge is -2.29. The van der Waals surface area contributed by atoms with Crippen molar-refractivity contribution in [2.45, 2.75) is 0 Å². The highest BCUT2D eigenvalue weighted by molar-refractivity contribution is 14.1. The van der Waals surface area contributed by atoms with Crippen molar-refractivity contribution in [3.63, 3.8) is 0 Å². The van der Waals surface area contributed by atoms with Crippen LogP contribution in [-0.2, 0) is 9.59 Å². The molecule has 0 aliphatic carbocycles. The predicted octanol–water partition coefficient (Wildman–Crippen LogP) is 2.98. The SMILES string of the molecule is COc1cc(I)cc(/C=C2\C(=O)NC(=S)N(c3ccccc3F)C2=O)c1O. The van der Waals surface area contributed by atoms with Crippen molar-refractivity contribution >= 4 is 63.5 Å². The fourth-order valence-corrected chi connectivity index (χ4v) is 3.42. The first kappa shape index (κ1) is 19.2. The first-order valence-electron chi connectivity index (χ1n) is 7.56. The maximum atomic E-state index is 14.1. The number of nitrogens with zero attached hydrogens (tertiary/aromatic N) is 1. The number of amides is 2. The van der Waals surface area contributed by atoms with E-state index < -0.39 is 17.6 Å². The van der Waals surface area contributed by atoms with Crippen molar-refractivity contribution in [1.82, 2.24) is 5.32 Å². The van der Waals surface area contributed by atoms with E-state index in [1.54, 1.807) is 18.2 Å². The Morgan fingerprint density at radius 2 is 2.00 bits per heavy atom. The van der Waals surface area contributed by atoms with Crippen LogP contribution >= 0.6 is 34.8 Å². The molecule has 0 bridgehead atoms. The number of hydrogen-bond donors (Lipinski definition) is 2. The standard InChI is InChI=1S/C18H12FIN2O4S/c1-26-14-8-10(20)6-9(15(14)23)7-11-16(24)21-18(27)22(17(11)25)13-5-3-2-4-12(13)19/h2-8,23H,1H3,(H,21,24,27)/b11-7+. The fourth-order valence-electron chi connectivity index (χ4n) is 2.52. The van der Waals surface area contributed by atoms with Crippen LogP contribution in [0.2, 0.25) is 0 Å². The lowest BCUT2D eigenvalue weighted by atomic mass is 10.1. The van der Waals surface area contributed by atoms with Crippen LogP contribution in [0, 0.1) is 9.39 Å². The first-order valence-corrected chi connectivity index (χ1v) is 9.04. The second kappa shape index (κ2) is 7.61. The number of hydrogen-bond acceptors (Lipinski definition) is 5. The molecule has 2 N–H and O–H groups in total. The van der Waals surface area contributed by atoms with Gasteiger partial charge < -0.3 is 9.84 Å². The van der Waals surface area contributed by atoms with Crippen LogP contribution < -0.4 is 15.0 Å². The fraction of sp³-hybridized carbons (Fsp3) is 0.0556. The average molecular weight is 498 g/mol. The molecule has 1 saturated heterocycles. The van der Waals surface area contributed by atoms with E-state index in [0.717, 1.165) is 8.47 Å². The quantitative estimate of drug-likeness (QED) is 0.295. The molecule has 3 rings (SSSR count). The first-order chi connectivity index (χ1) is 12.8. The zero-order valence-corrected chi connectivity index (χ0v) is 16.8. The second-order valence-electron chi connectivity index (χ2n) is 5.46. The van der Waals surface area contributed by atoms with Crippen molar-refractivity contribution in [2.24, 2.45) is 0 Å². The number of para-hydroxylation sites is 1. The number of ether oxygens (including phenoxy) is 1. The number of halogens is 2. The number of nitrogens with one attached hydrogen (secondary N) is 1. The molecule has 9 heteroatoms. The van der Waals surface area contributed by atoms with Crippen molar-refractivity contribution < 1.29 is 23.8 Å². The Bertz CT molecular complexity index is 1010.